The molecule has 0 fully saturated rings. The molecule has 1 aliphatic carbocycles. The van der Waals surface area contributed by atoms with E-state index in [4.69, 9.17) is 23.1 Å². The maximum atomic E-state index is 11.3. The zero-order valence-electron chi connectivity index (χ0n) is 11.1. The van der Waals surface area contributed by atoms with Crippen molar-refractivity contribution in [2.45, 2.75) is 25.6 Å². The van der Waals surface area contributed by atoms with Gasteiger partial charge in [-0.1, -0.05) is 25.4 Å². The zero-order valence-corrected chi connectivity index (χ0v) is 11.8. The fourth-order valence-electron chi connectivity index (χ4n) is 2.38. The molecule has 0 bridgehead atoms. The van der Waals surface area contributed by atoms with Crippen molar-refractivity contribution in [3.63, 3.8) is 0 Å². The summed E-state index contributed by atoms with van der Waals surface area (Å²) in [5.74, 6) is 0. The van der Waals surface area contributed by atoms with Gasteiger partial charge in [0, 0.05) is 11.0 Å². The van der Waals surface area contributed by atoms with Crippen LogP contribution in [0.5, 0.6) is 0 Å². The molecule has 0 aliphatic heterocycles. The number of nitrogens with zero attached hydrogens (tertiary/aromatic N) is 3. The first-order chi connectivity index (χ1) is 9.21. The average molecular weight is 306 g/mol. The SMILES string of the molecule is CCN(CC)C1(N)C([N+](=O)[O-])=CC(Cl)=C(N)C1[N+](=O)[O-]. The van der Waals surface area contributed by atoms with Gasteiger partial charge >= 0.3 is 0 Å². The molecule has 4 N–H and O–H groups in total. The summed E-state index contributed by atoms with van der Waals surface area (Å²) in [4.78, 5) is 22.4. The standard InChI is InChI=1S/C10H16ClN5O4/c1-3-14(4-2)10(13)7(15(17)18)5-6(11)8(12)9(10)16(19)20/h5,9H,3-4,12-13H2,1-2H3. The fourth-order valence-corrected chi connectivity index (χ4v) is 2.59. The monoisotopic (exact) mass is 305 g/mol. The molecule has 0 saturated carbocycles. The molecular weight excluding hydrogens is 290 g/mol. The summed E-state index contributed by atoms with van der Waals surface area (Å²) in [6.45, 7) is 3.96. The van der Waals surface area contributed by atoms with Gasteiger partial charge in [-0.25, -0.2) is 0 Å². The fraction of sp³-hybridized carbons (Fsp3) is 0.600. The van der Waals surface area contributed by atoms with Crippen LogP contribution < -0.4 is 11.5 Å². The van der Waals surface area contributed by atoms with Gasteiger partial charge in [-0.3, -0.25) is 30.9 Å². The number of hydrogen-bond acceptors (Lipinski definition) is 7. The Kier molecular flexibility index (Phi) is 4.69. The number of likely N-dealkylation sites (N-methyl/N-ethyl adjacent to an activating group) is 1. The van der Waals surface area contributed by atoms with Gasteiger partial charge in [0.2, 0.25) is 5.66 Å². The lowest BCUT2D eigenvalue weighted by molar-refractivity contribution is -0.541. The van der Waals surface area contributed by atoms with Crippen LogP contribution in [0.3, 0.4) is 0 Å². The van der Waals surface area contributed by atoms with Crippen molar-refractivity contribution < 1.29 is 9.85 Å². The molecule has 2 unspecified atom stereocenters. The van der Waals surface area contributed by atoms with E-state index in [2.05, 4.69) is 0 Å². The summed E-state index contributed by atoms with van der Waals surface area (Å²) in [6.07, 6.45) is 0.981. The van der Waals surface area contributed by atoms with Gasteiger partial charge in [-0.2, -0.15) is 0 Å². The predicted octanol–water partition coefficient (Wildman–Crippen LogP) is 0.212. The first kappa shape index (κ1) is 16.3. The van der Waals surface area contributed by atoms with E-state index >= 15 is 0 Å². The quantitative estimate of drug-likeness (QED) is 0.420. The van der Waals surface area contributed by atoms with E-state index in [9.17, 15) is 20.2 Å². The summed E-state index contributed by atoms with van der Waals surface area (Å²) in [6, 6.07) is -1.68. The normalized spacial score (nSPS) is 26.6. The van der Waals surface area contributed by atoms with E-state index in [1.54, 1.807) is 13.8 Å². The van der Waals surface area contributed by atoms with Crippen molar-refractivity contribution in [2.24, 2.45) is 11.5 Å². The first-order valence-corrected chi connectivity index (χ1v) is 6.28. The Morgan fingerprint density at radius 1 is 1.40 bits per heavy atom. The van der Waals surface area contributed by atoms with Crippen molar-refractivity contribution in [2.75, 3.05) is 13.1 Å². The van der Waals surface area contributed by atoms with Crippen molar-refractivity contribution in [1.29, 1.82) is 0 Å². The third-order valence-corrected chi connectivity index (χ3v) is 3.68. The van der Waals surface area contributed by atoms with Gasteiger partial charge in [-0.05, 0) is 13.1 Å². The Morgan fingerprint density at radius 3 is 2.25 bits per heavy atom. The Hall–Kier alpha value is -1.71. The summed E-state index contributed by atoms with van der Waals surface area (Å²) >= 11 is 5.76. The largest absolute Gasteiger partial charge is 0.395 e. The zero-order chi connectivity index (χ0) is 15.7. The molecule has 0 spiro atoms. The summed E-state index contributed by atoms with van der Waals surface area (Å²) in [5, 5.41) is 22.3. The maximum absolute atomic E-state index is 11.3. The van der Waals surface area contributed by atoms with E-state index in [0.717, 1.165) is 6.08 Å². The van der Waals surface area contributed by atoms with Gasteiger partial charge in [0.15, 0.2) is 0 Å². The number of nitrogens with two attached hydrogens (primary N) is 2. The van der Waals surface area contributed by atoms with Gasteiger partial charge in [0.05, 0.1) is 9.96 Å². The van der Waals surface area contributed by atoms with E-state index < -0.39 is 27.2 Å². The van der Waals surface area contributed by atoms with Crippen molar-refractivity contribution in [1.82, 2.24) is 4.90 Å². The molecule has 0 amide bonds. The lowest BCUT2D eigenvalue weighted by atomic mass is 9.88. The van der Waals surface area contributed by atoms with Crippen LogP contribution in [0.15, 0.2) is 22.5 Å². The number of halogens is 1. The molecule has 1 aliphatic rings. The highest BCUT2D eigenvalue weighted by Crippen LogP contribution is 2.35. The summed E-state index contributed by atoms with van der Waals surface area (Å²) in [5.41, 5.74) is 8.94. The number of allylic oxidation sites excluding steroid dienone is 2. The summed E-state index contributed by atoms with van der Waals surface area (Å²) in [7, 11) is 0. The molecule has 0 radical (unpaired) electrons. The molecule has 0 aromatic heterocycles. The molecule has 0 heterocycles. The highest BCUT2D eigenvalue weighted by molar-refractivity contribution is 6.31. The Labute approximate surface area is 120 Å². The molecular formula is C10H16ClN5O4. The Bertz CT molecular complexity index is 502. The Morgan fingerprint density at radius 2 is 1.90 bits per heavy atom. The van der Waals surface area contributed by atoms with Crippen LogP contribution in [0.2, 0.25) is 0 Å². The minimum atomic E-state index is -1.95. The lowest BCUT2D eigenvalue weighted by Crippen LogP contribution is -2.69. The molecule has 112 valence electrons. The minimum Gasteiger partial charge on any atom is -0.395 e. The molecule has 10 heteroatoms. The van der Waals surface area contributed by atoms with Crippen molar-refractivity contribution in [3.05, 3.63) is 42.7 Å². The lowest BCUT2D eigenvalue weighted by Gasteiger charge is -2.39. The number of hydrogen-bond donors (Lipinski definition) is 2. The summed E-state index contributed by atoms with van der Waals surface area (Å²) < 4.78 is 0. The van der Waals surface area contributed by atoms with E-state index in [0.29, 0.717) is 0 Å². The molecule has 0 aromatic carbocycles. The highest BCUT2D eigenvalue weighted by atomic mass is 35.5. The van der Waals surface area contributed by atoms with Gasteiger partial charge < -0.3 is 5.73 Å². The van der Waals surface area contributed by atoms with Gasteiger partial charge in [-0.15, -0.1) is 0 Å². The molecule has 20 heavy (non-hydrogen) atoms. The first-order valence-electron chi connectivity index (χ1n) is 5.90. The number of nitro groups is 2. The minimum absolute atomic E-state index is 0.230. The smallest absolute Gasteiger partial charge is 0.294 e. The third-order valence-electron chi connectivity index (χ3n) is 3.36. The average Bonchev–Trinajstić information content (AvgIpc) is 2.34. The molecule has 0 aromatic rings. The second-order valence-electron chi connectivity index (χ2n) is 4.28. The number of rotatable bonds is 5. The topological polar surface area (TPSA) is 142 Å². The van der Waals surface area contributed by atoms with Crippen LogP contribution in [0, 0.1) is 20.2 Å². The molecule has 9 nitrogen and oxygen atoms in total. The Balaban J connectivity index is 3.59. The maximum Gasteiger partial charge on any atom is 0.294 e. The van der Waals surface area contributed by atoms with Gasteiger partial charge in [0.1, 0.15) is 5.70 Å². The van der Waals surface area contributed by atoms with Crippen LogP contribution in [-0.2, 0) is 0 Å². The van der Waals surface area contributed by atoms with Crippen LogP contribution in [0.25, 0.3) is 0 Å². The second kappa shape index (κ2) is 5.73. The van der Waals surface area contributed by atoms with Crippen LogP contribution >= 0.6 is 11.6 Å². The van der Waals surface area contributed by atoms with E-state index in [1.807, 2.05) is 0 Å². The third kappa shape index (κ3) is 2.35. The highest BCUT2D eigenvalue weighted by Gasteiger charge is 2.60. The van der Waals surface area contributed by atoms with E-state index in [-0.39, 0.29) is 23.8 Å². The molecule has 2 atom stereocenters. The van der Waals surface area contributed by atoms with Crippen LogP contribution in [-0.4, -0.2) is 39.5 Å². The second-order valence-corrected chi connectivity index (χ2v) is 4.68. The predicted molar refractivity (Wildman–Crippen MR) is 72.8 cm³/mol. The van der Waals surface area contributed by atoms with Crippen molar-refractivity contribution in [3.8, 4) is 0 Å². The van der Waals surface area contributed by atoms with Crippen LogP contribution in [0.1, 0.15) is 13.8 Å². The van der Waals surface area contributed by atoms with Gasteiger partial charge in [0.25, 0.3) is 11.7 Å². The van der Waals surface area contributed by atoms with Crippen molar-refractivity contribution >= 4 is 11.6 Å². The van der Waals surface area contributed by atoms with Crippen LogP contribution in [0.4, 0.5) is 0 Å². The van der Waals surface area contributed by atoms with E-state index in [1.165, 1.54) is 4.90 Å². The molecule has 0 saturated heterocycles. The molecule has 1 rings (SSSR count).